The van der Waals surface area contributed by atoms with Crippen molar-refractivity contribution in [3.63, 3.8) is 0 Å². The molecule has 0 spiro atoms. The number of aromatic nitrogens is 2. The van der Waals surface area contributed by atoms with E-state index in [1.807, 2.05) is 12.4 Å². The molecule has 3 rings (SSSR count). The van der Waals surface area contributed by atoms with Crippen LogP contribution in [-0.4, -0.2) is 41.0 Å². The molecule has 0 radical (unpaired) electrons. The first-order valence-electron chi connectivity index (χ1n) is 5.77. The van der Waals surface area contributed by atoms with Crippen LogP contribution in [0.5, 0.6) is 0 Å². The van der Waals surface area contributed by atoms with Gasteiger partial charge in [0, 0.05) is 50.5 Å². The molecule has 4 nitrogen and oxygen atoms in total. The van der Waals surface area contributed by atoms with Gasteiger partial charge in [-0.05, 0) is 17.7 Å². The molecule has 0 saturated carbocycles. The summed E-state index contributed by atoms with van der Waals surface area (Å²) in [5.74, 6) is 0. The normalized spacial score (nSPS) is 18.0. The Bertz CT molecular complexity index is 471. The highest BCUT2D eigenvalue weighted by Crippen LogP contribution is 2.17. The summed E-state index contributed by atoms with van der Waals surface area (Å²) in [6, 6.07) is 4.23. The lowest BCUT2D eigenvalue weighted by molar-refractivity contribution is 0.234. The van der Waals surface area contributed by atoms with Crippen LogP contribution in [-0.2, 0) is 6.54 Å². The van der Waals surface area contributed by atoms with E-state index in [1.54, 1.807) is 0 Å². The van der Waals surface area contributed by atoms with Crippen LogP contribution >= 0.6 is 0 Å². The number of hydrogen-bond donors (Lipinski definition) is 2. The van der Waals surface area contributed by atoms with Crippen molar-refractivity contribution in [2.24, 2.45) is 0 Å². The summed E-state index contributed by atoms with van der Waals surface area (Å²) in [6.07, 6.45) is 3.84. The standard InChI is InChI=1S/C12H16N4/c1-3-14-12-11(2-4-15-12)10(1)9-16-7-5-13-6-8-16/h1-4,13H,5-9H2,(H,14,15). The molecule has 0 aliphatic carbocycles. The van der Waals surface area contributed by atoms with Crippen molar-refractivity contribution in [3.8, 4) is 0 Å². The monoisotopic (exact) mass is 216 g/mol. The summed E-state index contributed by atoms with van der Waals surface area (Å²) in [4.78, 5) is 9.95. The topological polar surface area (TPSA) is 44.0 Å². The lowest BCUT2D eigenvalue weighted by atomic mass is 10.1. The Labute approximate surface area is 94.7 Å². The number of fused-ring (bicyclic) bond motifs is 1. The molecule has 2 aromatic heterocycles. The first-order chi connectivity index (χ1) is 7.93. The molecule has 1 aliphatic rings. The minimum absolute atomic E-state index is 0.993. The molecule has 1 aliphatic heterocycles. The molecule has 0 aromatic carbocycles. The van der Waals surface area contributed by atoms with Gasteiger partial charge in [0.1, 0.15) is 5.65 Å². The molecule has 0 unspecified atom stereocenters. The molecule has 84 valence electrons. The van der Waals surface area contributed by atoms with Crippen LogP contribution in [0.1, 0.15) is 5.56 Å². The van der Waals surface area contributed by atoms with Gasteiger partial charge in [0.05, 0.1) is 0 Å². The summed E-state index contributed by atoms with van der Waals surface area (Å²) >= 11 is 0. The summed E-state index contributed by atoms with van der Waals surface area (Å²) in [5, 5.41) is 4.62. The van der Waals surface area contributed by atoms with Crippen molar-refractivity contribution in [2.45, 2.75) is 6.54 Å². The van der Waals surface area contributed by atoms with Crippen molar-refractivity contribution < 1.29 is 0 Å². The fourth-order valence-corrected chi connectivity index (χ4v) is 2.27. The van der Waals surface area contributed by atoms with Gasteiger partial charge in [-0.1, -0.05) is 0 Å². The van der Waals surface area contributed by atoms with Crippen LogP contribution in [0.15, 0.2) is 24.5 Å². The second-order valence-electron chi connectivity index (χ2n) is 4.24. The Morgan fingerprint density at radius 2 is 2.12 bits per heavy atom. The van der Waals surface area contributed by atoms with Crippen molar-refractivity contribution in [1.82, 2.24) is 20.2 Å². The van der Waals surface area contributed by atoms with E-state index >= 15 is 0 Å². The molecular weight excluding hydrogens is 200 g/mol. The second kappa shape index (κ2) is 4.23. The van der Waals surface area contributed by atoms with E-state index in [0.717, 1.165) is 38.4 Å². The third kappa shape index (κ3) is 1.81. The molecule has 0 amide bonds. The summed E-state index contributed by atoms with van der Waals surface area (Å²) < 4.78 is 0. The van der Waals surface area contributed by atoms with E-state index in [2.05, 4.69) is 32.3 Å². The van der Waals surface area contributed by atoms with E-state index in [0.29, 0.717) is 0 Å². The van der Waals surface area contributed by atoms with Crippen molar-refractivity contribution in [1.29, 1.82) is 0 Å². The Balaban J connectivity index is 1.85. The number of nitrogens with zero attached hydrogens (tertiary/aromatic N) is 2. The SMILES string of the molecule is c1cc(CN2CCNCC2)c2cc[nH]c2n1. The molecule has 0 atom stereocenters. The summed E-state index contributed by atoms with van der Waals surface area (Å²) in [5.41, 5.74) is 2.36. The third-order valence-electron chi connectivity index (χ3n) is 3.15. The van der Waals surface area contributed by atoms with Crippen LogP contribution in [0.4, 0.5) is 0 Å². The van der Waals surface area contributed by atoms with Crippen LogP contribution in [0, 0.1) is 0 Å². The smallest absolute Gasteiger partial charge is 0.137 e. The van der Waals surface area contributed by atoms with Crippen molar-refractivity contribution >= 4 is 11.0 Å². The maximum absolute atomic E-state index is 4.31. The van der Waals surface area contributed by atoms with E-state index in [4.69, 9.17) is 0 Å². The zero-order valence-corrected chi connectivity index (χ0v) is 9.24. The van der Waals surface area contributed by atoms with Gasteiger partial charge in [-0.3, -0.25) is 4.90 Å². The van der Waals surface area contributed by atoms with Gasteiger partial charge < -0.3 is 10.3 Å². The van der Waals surface area contributed by atoms with E-state index in [9.17, 15) is 0 Å². The first-order valence-corrected chi connectivity index (χ1v) is 5.77. The molecule has 4 heteroatoms. The molecule has 1 fully saturated rings. The molecule has 0 bridgehead atoms. The predicted octanol–water partition coefficient (Wildman–Crippen LogP) is 0.968. The van der Waals surface area contributed by atoms with E-state index < -0.39 is 0 Å². The Hall–Kier alpha value is -1.39. The summed E-state index contributed by atoms with van der Waals surface area (Å²) in [6.45, 7) is 5.49. The zero-order valence-electron chi connectivity index (χ0n) is 9.24. The first kappa shape index (κ1) is 9.81. The van der Waals surface area contributed by atoms with E-state index in [-0.39, 0.29) is 0 Å². The van der Waals surface area contributed by atoms with Gasteiger partial charge in [0.15, 0.2) is 0 Å². The van der Waals surface area contributed by atoms with Gasteiger partial charge in [-0.2, -0.15) is 0 Å². The number of nitrogens with one attached hydrogen (secondary N) is 2. The molecule has 1 saturated heterocycles. The number of rotatable bonds is 2. The highest BCUT2D eigenvalue weighted by Gasteiger charge is 2.11. The van der Waals surface area contributed by atoms with Crippen LogP contribution < -0.4 is 5.32 Å². The fourth-order valence-electron chi connectivity index (χ4n) is 2.27. The minimum Gasteiger partial charge on any atom is -0.346 e. The van der Waals surface area contributed by atoms with Crippen LogP contribution in [0.2, 0.25) is 0 Å². The van der Waals surface area contributed by atoms with Crippen molar-refractivity contribution in [3.05, 3.63) is 30.1 Å². The Morgan fingerprint density at radius 3 is 3.00 bits per heavy atom. The number of piperazine rings is 1. The van der Waals surface area contributed by atoms with Gasteiger partial charge in [0.25, 0.3) is 0 Å². The third-order valence-corrected chi connectivity index (χ3v) is 3.15. The number of H-pyrrole nitrogens is 1. The lowest BCUT2D eigenvalue weighted by Crippen LogP contribution is -2.42. The number of aromatic amines is 1. The molecule has 3 heterocycles. The highest BCUT2D eigenvalue weighted by atomic mass is 15.2. The number of pyridine rings is 1. The Kier molecular flexibility index (Phi) is 2.60. The largest absolute Gasteiger partial charge is 0.346 e. The van der Waals surface area contributed by atoms with Gasteiger partial charge >= 0.3 is 0 Å². The number of hydrogen-bond acceptors (Lipinski definition) is 3. The maximum Gasteiger partial charge on any atom is 0.137 e. The van der Waals surface area contributed by atoms with Gasteiger partial charge in [0.2, 0.25) is 0 Å². The molecule has 16 heavy (non-hydrogen) atoms. The second-order valence-corrected chi connectivity index (χ2v) is 4.24. The quantitative estimate of drug-likeness (QED) is 0.786. The average molecular weight is 216 g/mol. The fraction of sp³-hybridized carbons (Fsp3) is 0.417. The van der Waals surface area contributed by atoms with Gasteiger partial charge in [-0.15, -0.1) is 0 Å². The predicted molar refractivity (Wildman–Crippen MR) is 64.2 cm³/mol. The zero-order chi connectivity index (χ0) is 10.8. The maximum atomic E-state index is 4.31. The van der Waals surface area contributed by atoms with Crippen molar-refractivity contribution in [2.75, 3.05) is 26.2 Å². The van der Waals surface area contributed by atoms with Crippen LogP contribution in [0.3, 0.4) is 0 Å². The molecule has 2 N–H and O–H groups in total. The summed E-state index contributed by atoms with van der Waals surface area (Å²) in [7, 11) is 0. The molecular formula is C12H16N4. The van der Waals surface area contributed by atoms with Crippen LogP contribution in [0.25, 0.3) is 11.0 Å². The Morgan fingerprint density at radius 1 is 1.25 bits per heavy atom. The highest BCUT2D eigenvalue weighted by molar-refractivity contribution is 5.79. The lowest BCUT2D eigenvalue weighted by Gasteiger charge is -2.27. The molecule has 2 aromatic rings. The average Bonchev–Trinajstić information content (AvgIpc) is 2.80. The minimum atomic E-state index is 0.993. The van der Waals surface area contributed by atoms with E-state index in [1.165, 1.54) is 10.9 Å². The van der Waals surface area contributed by atoms with Gasteiger partial charge in [-0.25, -0.2) is 4.98 Å².